The predicted octanol–water partition coefficient (Wildman–Crippen LogP) is 2.03. The number of anilines is 1. The first-order valence-electron chi connectivity index (χ1n) is 9.76. The quantitative estimate of drug-likeness (QED) is 0.506. The molecule has 2 amide bonds. The molecule has 2 unspecified atom stereocenters. The third-order valence-electron chi connectivity index (χ3n) is 5.49. The molecule has 150 valence electrons. The second-order valence-electron chi connectivity index (χ2n) is 7.65. The van der Waals surface area contributed by atoms with Crippen LogP contribution in [0.1, 0.15) is 36.0 Å². The van der Waals surface area contributed by atoms with Crippen LogP contribution in [0.5, 0.6) is 0 Å². The summed E-state index contributed by atoms with van der Waals surface area (Å²) >= 11 is 0. The van der Waals surface area contributed by atoms with Crippen molar-refractivity contribution in [3.8, 4) is 0 Å². The van der Waals surface area contributed by atoms with Crippen molar-refractivity contribution in [1.29, 1.82) is 5.41 Å². The first-order valence-corrected chi connectivity index (χ1v) is 9.76. The normalized spacial score (nSPS) is 24.8. The van der Waals surface area contributed by atoms with Crippen molar-refractivity contribution in [3.05, 3.63) is 47.4 Å². The SMILES string of the molecule is CN/C=C(\CC=N)C12C=C(NC(=O)c3ccnc(NC(=O)C4CC4)c3)C=NC1C2. The fourth-order valence-corrected chi connectivity index (χ4v) is 3.68. The molecule has 8 heteroatoms. The van der Waals surface area contributed by atoms with Crippen molar-refractivity contribution in [2.75, 3.05) is 12.4 Å². The number of dihydropyridines is 1. The number of carbonyl (C=O) groups excluding carboxylic acids is 2. The average molecular weight is 392 g/mol. The van der Waals surface area contributed by atoms with Crippen LogP contribution in [0.4, 0.5) is 5.82 Å². The number of hydrogen-bond donors (Lipinski definition) is 4. The summed E-state index contributed by atoms with van der Waals surface area (Å²) in [5, 5.41) is 16.2. The number of allylic oxidation sites excluding steroid dienone is 1. The Morgan fingerprint density at radius 1 is 1.34 bits per heavy atom. The molecule has 1 aromatic rings. The Morgan fingerprint density at radius 2 is 2.17 bits per heavy atom. The lowest BCUT2D eigenvalue weighted by molar-refractivity contribution is -0.117. The summed E-state index contributed by atoms with van der Waals surface area (Å²) in [4.78, 5) is 33.3. The van der Waals surface area contributed by atoms with Crippen molar-refractivity contribution < 1.29 is 9.59 Å². The molecular weight excluding hydrogens is 368 g/mol. The van der Waals surface area contributed by atoms with E-state index in [9.17, 15) is 9.59 Å². The average Bonchev–Trinajstić information content (AvgIpc) is 3.61. The Balaban J connectivity index is 1.47. The van der Waals surface area contributed by atoms with E-state index in [4.69, 9.17) is 5.41 Å². The molecule has 2 fully saturated rings. The van der Waals surface area contributed by atoms with Crippen LogP contribution in [0.2, 0.25) is 0 Å². The lowest BCUT2D eigenvalue weighted by atomic mass is 9.91. The van der Waals surface area contributed by atoms with Gasteiger partial charge in [0.25, 0.3) is 5.91 Å². The Bertz CT molecular complexity index is 946. The minimum absolute atomic E-state index is 0.0473. The number of carbonyl (C=O) groups is 2. The van der Waals surface area contributed by atoms with Gasteiger partial charge in [-0.15, -0.1) is 0 Å². The molecule has 0 bridgehead atoms. The van der Waals surface area contributed by atoms with Crippen molar-refractivity contribution in [2.24, 2.45) is 16.3 Å². The molecule has 4 N–H and O–H groups in total. The van der Waals surface area contributed by atoms with Crippen molar-refractivity contribution in [3.63, 3.8) is 0 Å². The number of aromatic nitrogens is 1. The van der Waals surface area contributed by atoms with Crippen LogP contribution in [0, 0.1) is 16.7 Å². The molecule has 3 aliphatic rings. The highest BCUT2D eigenvalue weighted by atomic mass is 16.2. The van der Waals surface area contributed by atoms with E-state index in [1.807, 2.05) is 19.3 Å². The highest BCUT2D eigenvalue weighted by molar-refractivity contribution is 6.00. The van der Waals surface area contributed by atoms with Gasteiger partial charge in [-0.3, -0.25) is 14.6 Å². The van der Waals surface area contributed by atoms with Gasteiger partial charge in [-0.05, 0) is 55.5 Å². The number of aliphatic imine (C=N–C) groups is 1. The Hall–Kier alpha value is -3.29. The molecule has 2 heterocycles. The number of fused-ring (bicyclic) bond motifs is 1. The van der Waals surface area contributed by atoms with Crippen LogP contribution in [0.25, 0.3) is 0 Å². The molecule has 8 nitrogen and oxygen atoms in total. The van der Waals surface area contributed by atoms with Gasteiger partial charge < -0.3 is 21.4 Å². The van der Waals surface area contributed by atoms with Crippen LogP contribution in [-0.2, 0) is 4.79 Å². The van der Waals surface area contributed by atoms with Crippen LogP contribution < -0.4 is 16.0 Å². The third-order valence-corrected chi connectivity index (χ3v) is 5.49. The molecule has 4 rings (SSSR count). The van der Waals surface area contributed by atoms with Crippen molar-refractivity contribution in [2.45, 2.75) is 31.7 Å². The fourth-order valence-electron chi connectivity index (χ4n) is 3.68. The van der Waals surface area contributed by atoms with E-state index < -0.39 is 0 Å². The zero-order valence-electron chi connectivity index (χ0n) is 16.2. The summed E-state index contributed by atoms with van der Waals surface area (Å²) in [6, 6.07) is 3.35. The van der Waals surface area contributed by atoms with Crippen LogP contribution >= 0.6 is 0 Å². The van der Waals surface area contributed by atoms with E-state index in [-0.39, 0.29) is 29.2 Å². The monoisotopic (exact) mass is 392 g/mol. The van der Waals surface area contributed by atoms with Gasteiger partial charge in [0, 0.05) is 42.8 Å². The summed E-state index contributed by atoms with van der Waals surface area (Å²) in [5.74, 6) is 0.118. The highest BCUT2D eigenvalue weighted by Gasteiger charge is 2.56. The molecule has 0 saturated heterocycles. The van der Waals surface area contributed by atoms with Gasteiger partial charge in [-0.25, -0.2) is 4.98 Å². The largest absolute Gasteiger partial charge is 0.394 e. The standard InChI is InChI=1S/C21H24N6O2/c1-23-11-15(4-6-22)21-9-16(12-25-17(21)10-21)26-20(29)14-5-7-24-18(8-14)27-19(28)13-2-3-13/h5-9,11-13,17,22-23H,2-4,10H2,1H3,(H,26,29)(H,24,27,28)/b15-11+,22-6?. The van der Waals surface area contributed by atoms with Crippen molar-refractivity contribution >= 4 is 30.1 Å². The molecule has 2 aliphatic carbocycles. The number of nitrogens with one attached hydrogen (secondary N) is 4. The lowest BCUT2D eigenvalue weighted by Gasteiger charge is -2.20. The second kappa shape index (κ2) is 7.62. The molecular formula is C21H24N6O2. The first-order chi connectivity index (χ1) is 14.1. The molecule has 0 radical (unpaired) electrons. The van der Waals surface area contributed by atoms with Gasteiger partial charge in [-0.2, -0.15) is 0 Å². The van der Waals surface area contributed by atoms with Gasteiger partial charge in [0.15, 0.2) is 0 Å². The smallest absolute Gasteiger partial charge is 0.255 e. The van der Waals surface area contributed by atoms with E-state index in [1.54, 1.807) is 18.3 Å². The molecule has 29 heavy (non-hydrogen) atoms. The molecule has 1 aliphatic heterocycles. The Labute approximate surface area is 169 Å². The van der Waals surface area contributed by atoms with E-state index in [0.29, 0.717) is 23.5 Å². The number of amides is 2. The number of nitrogens with zero attached hydrogens (tertiary/aromatic N) is 2. The summed E-state index contributed by atoms with van der Waals surface area (Å²) in [7, 11) is 1.83. The first kappa shape index (κ1) is 19.0. The van der Waals surface area contributed by atoms with Crippen LogP contribution in [0.15, 0.2) is 46.9 Å². The van der Waals surface area contributed by atoms with Gasteiger partial charge >= 0.3 is 0 Å². The van der Waals surface area contributed by atoms with Gasteiger partial charge in [0.05, 0.1) is 11.7 Å². The van der Waals surface area contributed by atoms with E-state index in [2.05, 4.69) is 25.9 Å². The maximum atomic E-state index is 12.7. The topological polar surface area (TPSA) is 119 Å². The molecule has 0 aromatic carbocycles. The summed E-state index contributed by atoms with van der Waals surface area (Å²) in [6.45, 7) is 0. The van der Waals surface area contributed by atoms with E-state index in [0.717, 1.165) is 24.8 Å². The molecule has 2 saturated carbocycles. The lowest BCUT2D eigenvalue weighted by Crippen LogP contribution is -2.27. The molecule has 0 spiro atoms. The van der Waals surface area contributed by atoms with Gasteiger partial charge in [0.2, 0.25) is 5.91 Å². The number of pyridine rings is 1. The summed E-state index contributed by atoms with van der Waals surface area (Å²) in [6.07, 6.45) is 11.8. The van der Waals surface area contributed by atoms with Crippen LogP contribution in [-0.4, -0.2) is 42.3 Å². The van der Waals surface area contributed by atoms with E-state index in [1.165, 1.54) is 12.4 Å². The summed E-state index contributed by atoms with van der Waals surface area (Å²) in [5.41, 5.74) is 1.89. The zero-order chi connectivity index (χ0) is 20.4. The fraction of sp³-hybridized carbons (Fsp3) is 0.381. The highest BCUT2D eigenvalue weighted by Crippen LogP contribution is 2.57. The number of hydrogen-bond acceptors (Lipinski definition) is 6. The Morgan fingerprint density at radius 3 is 2.90 bits per heavy atom. The maximum absolute atomic E-state index is 12.7. The second-order valence-corrected chi connectivity index (χ2v) is 7.65. The van der Waals surface area contributed by atoms with E-state index >= 15 is 0 Å². The van der Waals surface area contributed by atoms with Crippen LogP contribution in [0.3, 0.4) is 0 Å². The maximum Gasteiger partial charge on any atom is 0.255 e. The predicted molar refractivity (Wildman–Crippen MR) is 111 cm³/mol. The molecule has 2 atom stereocenters. The third kappa shape index (κ3) is 3.96. The zero-order valence-corrected chi connectivity index (χ0v) is 16.2. The minimum Gasteiger partial charge on any atom is -0.394 e. The van der Waals surface area contributed by atoms with Gasteiger partial charge in [-0.1, -0.05) is 0 Å². The Kier molecular flexibility index (Phi) is 5.00. The van der Waals surface area contributed by atoms with Gasteiger partial charge in [0.1, 0.15) is 5.82 Å². The van der Waals surface area contributed by atoms with Crippen molar-refractivity contribution in [1.82, 2.24) is 15.6 Å². The minimum atomic E-state index is -0.285. The molecule has 1 aromatic heterocycles. The number of rotatable bonds is 8. The summed E-state index contributed by atoms with van der Waals surface area (Å²) < 4.78 is 0.